The molecule has 2 aliphatic heterocycles. The van der Waals surface area contributed by atoms with E-state index in [1.807, 2.05) is 32.9 Å². The molecule has 0 atom stereocenters. The fraction of sp³-hybridized carbons (Fsp3) is 0.458. The van der Waals surface area contributed by atoms with Crippen LogP contribution in [0.15, 0.2) is 60.7 Å². The molecule has 1 amide bonds. The van der Waals surface area contributed by atoms with Crippen molar-refractivity contribution in [3.8, 4) is 0 Å². The van der Waals surface area contributed by atoms with Crippen LogP contribution in [0.2, 0.25) is 0 Å². The van der Waals surface area contributed by atoms with Crippen molar-refractivity contribution in [1.82, 2.24) is 9.80 Å². The van der Waals surface area contributed by atoms with Crippen molar-refractivity contribution in [3.63, 3.8) is 0 Å². The van der Waals surface area contributed by atoms with Gasteiger partial charge in [0.25, 0.3) is 0 Å². The summed E-state index contributed by atoms with van der Waals surface area (Å²) < 4.78 is 11.7. The molecule has 2 aromatic carbocycles. The van der Waals surface area contributed by atoms with Crippen molar-refractivity contribution in [3.05, 3.63) is 71.8 Å². The van der Waals surface area contributed by atoms with Crippen molar-refractivity contribution in [2.45, 2.75) is 38.0 Å². The predicted molar refractivity (Wildman–Crippen MR) is 113 cm³/mol. The van der Waals surface area contributed by atoms with E-state index in [2.05, 4.69) is 53.4 Å². The molecule has 0 saturated carbocycles. The van der Waals surface area contributed by atoms with Gasteiger partial charge in [0, 0.05) is 19.6 Å². The number of carbonyl (C=O) groups is 1. The lowest BCUT2D eigenvalue weighted by Gasteiger charge is -2.56. The Morgan fingerprint density at radius 1 is 0.966 bits per heavy atom. The van der Waals surface area contributed by atoms with Gasteiger partial charge in [0.2, 0.25) is 0 Å². The van der Waals surface area contributed by atoms with Crippen LogP contribution in [0.3, 0.4) is 0 Å². The Morgan fingerprint density at radius 2 is 1.52 bits per heavy atom. The minimum atomic E-state index is -0.486. The number of ether oxygens (including phenoxy) is 2. The van der Waals surface area contributed by atoms with Crippen molar-refractivity contribution in [1.29, 1.82) is 0 Å². The highest BCUT2D eigenvalue weighted by atomic mass is 16.6. The average molecular weight is 395 g/mol. The van der Waals surface area contributed by atoms with Crippen molar-refractivity contribution in [2.24, 2.45) is 0 Å². The largest absolute Gasteiger partial charge is 0.444 e. The maximum Gasteiger partial charge on any atom is 0.410 e. The first kappa shape index (κ1) is 19.9. The second-order valence-corrected chi connectivity index (χ2v) is 9.06. The molecule has 154 valence electrons. The van der Waals surface area contributed by atoms with Gasteiger partial charge in [0.05, 0.1) is 19.2 Å². The summed E-state index contributed by atoms with van der Waals surface area (Å²) in [6, 6.07) is 21.3. The van der Waals surface area contributed by atoms with Crippen LogP contribution in [0.4, 0.5) is 4.79 Å². The summed E-state index contributed by atoms with van der Waals surface area (Å²) in [6.45, 7) is 8.99. The summed E-state index contributed by atoms with van der Waals surface area (Å²) in [5.41, 5.74) is 1.75. The Kier molecular flexibility index (Phi) is 5.36. The van der Waals surface area contributed by atoms with Crippen LogP contribution in [0.25, 0.3) is 0 Å². The number of likely N-dealkylation sites (tertiary alicyclic amines) is 1. The number of amides is 1. The molecule has 5 heteroatoms. The van der Waals surface area contributed by atoms with Gasteiger partial charge >= 0.3 is 6.09 Å². The number of rotatable bonds is 3. The van der Waals surface area contributed by atoms with Gasteiger partial charge in [-0.25, -0.2) is 4.79 Å². The van der Waals surface area contributed by atoms with Crippen molar-refractivity contribution < 1.29 is 14.3 Å². The standard InChI is InChI=1S/C24H30N2O3/c1-23(2,3)29-22(27)25-14-15-28-24(16-25)17-26(18-24)21(19-10-6-4-7-11-19)20-12-8-5-9-13-20/h4-13,21H,14-18H2,1-3H3. The monoisotopic (exact) mass is 394 g/mol. The third kappa shape index (κ3) is 4.46. The maximum absolute atomic E-state index is 12.5. The highest BCUT2D eigenvalue weighted by molar-refractivity contribution is 5.68. The van der Waals surface area contributed by atoms with Gasteiger partial charge in [-0.3, -0.25) is 4.90 Å². The van der Waals surface area contributed by atoms with Crippen LogP contribution >= 0.6 is 0 Å². The van der Waals surface area contributed by atoms with Gasteiger partial charge < -0.3 is 14.4 Å². The fourth-order valence-corrected chi connectivity index (χ4v) is 4.28. The average Bonchev–Trinajstić information content (AvgIpc) is 2.68. The zero-order chi connectivity index (χ0) is 20.5. The Morgan fingerprint density at radius 3 is 2.03 bits per heavy atom. The number of carbonyl (C=O) groups excluding carboxylic acids is 1. The summed E-state index contributed by atoms with van der Waals surface area (Å²) in [7, 11) is 0. The minimum absolute atomic E-state index is 0.184. The molecule has 5 nitrogen and oxygen atoms in total. The lowest BCUT2D eigenvalue weighted by Crippen LogP contribution is -2.71. The van der Waals surface area contributed by atoms with Gasteiger partial charge in [-0.15, -0.1) is 0 Å². The molecule has 0 aromatic heterocycles. The second-order valence-electron chi connectivity index (χ2n) is 9.06. The molecular formula is C24H30N2O3. The van der Waals surface area contributed by atoms with E-state index in [1.54, 1.807) is 4.90 Å². The van der Waals surface area contributed by atoms with E-state index < -0.39 is 5.60 Å². The topological polar surface area (TPSA) is 42.0 Å². The third-order valence-electron chi connectivity index (χ3n) is 5.48. The smallest absolute Gasteiger partial charge is 0.410 e. The zero-order valence-corrected chi connectivity index (χ0v) is 17.5. The number of hydrogen-bond acceptors (Lipinski definition) is 4. The van der Waals surface area contributed by atoms with Crippen LogP contribution < -0.4 is 0 Å². The van der Waals surface area contributed by atoms with E-state index >= 15 is 0 Å². The lowest BCUT2D eigenvalue weighted by atomic mass is 9.86. The minimum Gasteiger partial charge on any atom is -0.444 e. The molecule has 2 aromatic rings. The van der Waals surface area contributed by atoms with Crippen molar-refractivity contribution in [2.75, 3.05) is 32.8 Å². The summed E-state index contributed by atoms with van der Waals surface area (Å²) >= 11 is 0. The molecule has 0 bridgehead atoms. The molecule has 2 heterocycles. The summed E-state index contributed by atoms with van der Waals surface area (Å²) in [4.78, 5) is 16.8. The fourth-order valence-electron chi connectivity index (χ4n) is 4.28. The Labute approximate surface area is 173 Å². The molecule has 4 rings (SSSR count). The SMILES string of the molecule is CC(C)(C)OC(=O)N1CCOC2(C1)CN(C(c1ccccc1)c1ccccc1)C2. The molecule has 1 spiro atoms. The number of hydrogen-bond donors (Lipinski definition) is 0. The van der Waals surface area contributed by atoms with Crippen LogP contribution in [-0.2, 0) is 9.47 Å². The Balaban J connectivity index is 1.48. The molecule has 29 heavy (non-hydrogen) atoms. The molecule has 2 saturated heterocycles. The highest BCUT2D eigenvalue weighted by Gasteiger charge is 2.50. The summed E-state index contributed by atoms with van der Waals surface area (Å²) in [6.07, 6.45) is -0.249. The summed E-state index contributed by atoms with van der Waals surface area (Å²) in [5.74, 6) is 0. The summed E-state index contributed by atoms with van der Waals surface area (Å²) in [5, 5.41) is 0. The molecular weight excluding hydrogens is 364 g/mol. The van der Waals surface area contributed by atoms with E-state index in [9.17, 15) is 4.79 Å². The first-order valence-corrected chi connectivity index (χ1v) is 10.3. The van der Waals surface area contributed by atoms with E-state index in [-0.39, 0.29) is 17.7 Å². The molecule has 0 aliphatic carbocycles. The van der Waals surface area contributed by atoms with Gasteiger partial charge in [0.1, 0.15) is 11.2 Å². The van der Waals surface area contributed by atoms with Crippen molar-refractivity contribution >= 4 is 6.09 Å². The van der Waals surface area contributed by atoms with Crippen LogP contribution in [0.5, 0.6) is 0 Å². The van der Waals surface area contributed by atoms with E-state index in [1.165, 1.54) is 11.1 Å². The number of benzene rings is 2. The first-order chi connectivity index (χ1) is 13.9. The van der Waals surface area contributed by atoms with Gasteiger partial charge in [0.15, 0.2) is 0 Å². The van der Waals surface area contributed by atoms with Crippen LogP contribution in [0.1, 0.15) is 37.9 Å². The maximum atomic E-state index is 12.5. The van der Waals surface area contributed by atoms with Gasteiger partial charge in [-0.2, -0.15) is 0 Å². The van der Waals surface area contributed by atoms with E-state index in [0.717, 1.165) is 13.1 Å². The molecule has 2 aliphatic rings. The molecule has 0 radical (unpaired) electrons. The Bertz CT molecular complexity index is 787. The number of nitrogens with zero attached hydrogens (tertiary/aromatic N) is 2. The predicted octanol–water partition coefficient (Wildman–Crippen LogP) is 4.10. The second kappa shape index (κ2) is 7.81. The van der Waals surface area contributed by atoms with E-state index in [0.29, 0.717) is 19.7 Å². The normalized spacial score (nSPS) is 19.2. The quantitative estimate of drug-likeness (QED) is 0.786. The van der Waals surface area contributed by atoms with Gasteiger partial charge in [-0.1, -0.05) is 60.7 Å². The third-order valence-corrected chi connectivity index (χ3v) is 5.48. The van der Waals surface area contributed by atoms with Crippen LogP contribution in [0, 0.1) is 0 Å². The highest BCUT2D eigenvalue weighted by Crippen LogP contribution is 2.39. The zero-order valence-electron chi connectivity index (χ0n) is 17.5. The molecule has 0 N–H and O–H groups in total. The van der Waals surface area contributed by atoms with Gasteiger partial charge in [-0.05, 0) is 31.9 Å². The van der Waals surface area contributed by atoms with E-state index in [4.69, 9.17) is 9.47 Å². The Hall–Kier alpha value is -2.37. The molecule has 2 fully saturated rings. The lowest BCUT2D eigenvalue weighted by molar-refractivity contribution is -0.187. The molecule has 0 unspecified atom stereocenters. The van der Waals surface area contributed by atoms with Crippen LogP contribution in [-0.4, -0.2) is 59.9 Å². The number of morpholine rings is 1. The first-order valence-electron chi connectivity index (χ1n) is 10.3.